The fraction of sp³-hybridized carbons (Fsp3) is 0.400. The average molecular weight is 405 g/mol. The second-order valence-corrected chi connectivity index (χ2v) is 9.68. The van der Waals surface area contributed by atoms with Gasteiger partial charge in [-0.2, -0.15) is 0 Å². The van der Waals surface area contributed by atoms with E-state index >= 15 is 0 Å². The quantitative estimate of drug-likeness (QED) is 0.729. The van der Waals surface area contributed by atoms with Gasteiger partial charge in [-0.1, -0.05) is 12.1 Å². The van der Waals surface area contributed by atoms with Crippen LogP contribution in [0, 0.1) is 6.92 Å². The van der Waals surface area contributed by atoms with E-state index in [0.29, 0.717) is 24.6 Å². The maximum atomic E-state index is 12.4. The molecule has 1 aromatic heterocycles. The Hall–Kier alpha value is -2.61. The first kappa shape index (κ1) is 20.1. The minimum Gasteiger partial charge on any atom is -0.486 e. The molecule has 7 nitrogen and oxygen atoms in total. The molecule has 0 saturated carbocycles. The predicted molar refractivity (Wildman–Crippen MR) is 103 cm³/mol. The molecule has 1 fully saturated rings. The van der Waals surface area contributed by atoms with Crippen LogP contribution >= 0.6 is 0 Å². The van der Waals surface area contributed by atoms with Crippen molar-refractivity contribution in [2.75, 3.05) is 13.1 Å². The summed E-state index contributed by atoms with van der Waals surface area (Å²) in [4.78, 5) is 25.7. The SMILES string of the molecule is Cc1cc(OC2CN(C(=O)Cc3ccc(S(=O)(=O)C(C)C)cc3)C2)cc(=O)o1. The van der Waals surface area contributed by atoms with Gasteiger partial charge in [0.15, 0.2) is 9.84 Å². The largest absolute Gasteiger partial charge is 0.486 e. The van der Waals surface area contributed by atoms with Crippen LogP contribution in [0.1, 0.15) is 25.2 Å². The van der Waals surface area contributed by atoms with Gasteiger partial charge in [0.2, 0.25) is 5.91 Å². The Balaban J connectivity index is 1.53. The Labute approximate surface area is 163 Å². The van der Waals surface area contributed by atoms with Gasteiger partial charge in [-0.25, -0.2) is 13.2 Å². The predicted octanol–water partition coefficient (Wildman–Crippen LogP) is 1.96. The lowest BCUT2D eigenvalue weighted by Gasteiger charge is -2.39. The monoisotopic (exact) mass is 405 g/mol. The van der Waals surface area contributed by atoms with Crippen LogP contribution in [-0.2, 0) is 21.1 Å². The summed E-state index contributed by atoms with van der Waals surface area (Å²) >= 11 is 0. The average Bonchev–Trinajstić information content (AvgIpc) is 2.57. The lowest BCUT2D eigenvalue weighted by Crippen LogP contribution is -2.56. The zero-order valence-corrected chi connectivity index (χ0v) is 16.9. The standard InChI is InChI=1S/C20H23NO6S/c1-13(2)28(24,25)18-6-4-15(5-7-18)9-19(22)21-11-17(12-21)27-16-8-14(3)26-20(23)10-16/h4-8,10,13,17H,9,11-12H2,1-3H3. The fourth-order valence-electron chi connectivity index (χ4n) is 2.91. The number of aryl methyl sites for hydroxylation is 1. The molecule has 0 unspecified atom stereocenters. The van der Waals surface area contributed by atoms with Crippen LogP contribution in [0.5, 0.6) is 5.75 Å². The molecule has 2 heterocycles. The second kappa shape index (κ2) is 7.79. The maximum absolute atomic E-state index is 12.4. The number of hydrogen-bond donors (Lipinski definition) is 0. The molecular formula is C20H23NO6S. The van der Waals surface area contributed by atoms with Crippen molar-refractivity contribution in [2.45, 2.75) is 43.4 Å². The third-order valence-corrected chi connectivity index (χ3v) is 6.77. The van der Waals surface area contributed by atoms with E-state index in [-0.39, 0.29) is 23.3 Å². The van der Waals surface area contributed by atoms with E-state index in [1.54, 1.807) is 56.0 Å². The highest BCUT2D eigenvalue weighted by Gasteiger charge is 2.32. The number of sulfone groups is 1. The Morgan fingerprint density at radius 2 is 1.86 bits per heavy atom. The molecule has 1 aliphatic rings. The number of benzene rings is 1. The van der Waals surface area contributed by atoms with Gasteiger partial charge < -0.3 is 14.1 Å². The molecule has 8 heteroatoms. The van der Waals surface area contributed by atoms with Crippen LogP contribution in [0.15, 0.2) is 50.5 Å². The Morgan fingerprint density at radius 3 is 2.43 bits per heavy atom. The van der Waals surface area contributed by atoms with Crippen molar-refractivity contribution in [3.8, 4) is 5.75 Å². The number of nitrogens with zero attached hydrogens (tertiary/aromatic N) is 1. The zero-order chi connectivity index (χ0) is 20.5. The van der Waals surface area contributed by atoms with Crippen molar-refractivity contribution < 1.29 is 22.4 Å². The summed E-state index contributed by atoms with van der Waals surface area (Å²) in [5.74, 6) is 0.855. The smallest absolute Gasteiger partial charge is 0.339 e. The van der Waals surface area contributed by atoms with E-state index in [1.165, 1.54) is 6.07 Å². The number of amides is 1. The first-order valence-electron chi connectivity index (χ1n) is 9.04. The van der Waals surface area contributed by atoms with Gasteiger partial charge in [-0.15, -0.1) is 0 Å². The summed E-state index contributed by atoms with van der Waals surface area (Å²) < 4.78 is 34.9. The Morgan fingerprint density at radius 1 is 1.21 bits per heavy atom. The molecule has 150 valence electrons. The molecule has 1 amide bonds. The molecule has 1 saturated heterocycles. The number of rotatable bonds is 6. The van der Waals surface area contributed by atoms with Crippen LogP contribution in [0.4, 0.5) is 0 Å². The first-order valence-corrected chi connectivity index (χ1v) is 10.6. The van der Waals surface area contributed by atoms with Crippen molar-refractivity contribution in [1.82, 2.24) is 4.90 Å². The van der Waals surface area contributed by atoms with Crippen molar-refractivity contribution in [3.05, 3.63) is 58.1 Å². The fourth-order valence-corrected chi connectivity index (χ4v) is 3.97. The molecule has 0 radical (unpaired) electrons. The molecule has 1 aliphatic heterocycles. The Bertz CT molecular complexity index is 1020. The van der Waals surface area contributed by atoms with Gasteiger partial charge in [0.25, 0.3) is 0 Å². The molecular weight excluding hydrogens is 382 g/mol. The lowest BCUT2D eigenvalue weighted by atomic mass is 10.1. The highest BCUT2D eigenvalue weighted by atomic mass is 32.2. The van der Waals surface area contributed by atoms with Gasteiger partial charge in [0.05, 0.1) is 35.7 Å². The molecule has 0 spiro atoms. The van der Waals surface area contributed by atoms with Gasteiger partial charge in [-0.3, -0.25) is 4.79 Å². The number of likely N-dealkylation sites (tertiary alicyclic amines) is 1. The zero-order valence-electron chi connectivity index (χ0n) is 16.0. The van der Waals surface area contributed by atoms with Crippen LogP contribution < -0.4 is 10.4 Å². The summed E-state index contributed by atoms with van der Waals surface area (Å²) in [7, 11) is -3.32. The van der Waals surface area contributed by atoms with E-state index in [2.05, 4.69) is 0 Å². The van der Waals surface area contributed by atoms with Gasteiger partial charge in [0.1, 0.15) is 17.6 Å². The van der Waals surface area contributed by atoms with Gasteiger partial charge >= 0.3 is 5.63 Å². The minimum absolute atomic E-state index is 0.0527. The molecule has 1 aromatic carbocycles. The highest BCUT2D eigenvalue weighted by molar-refractivity contribution is 7.92. The van der Waals surface area contributed by atoms with Crippen molar-refractivity contribution in [3.63, 3.8) is 0 Å². The van der Waals surface area contributed by atoms with Crippen molar-refractivity contribution in [1.29, 1.82) is 0 Å². The summed E-state index contributed by atoms with van der Waals surface area (Å²) in [6, 6.07) is 9.36. The van der Waals surface area contributed by atoms with Gasteiger partial charge in [-0.05, 0) is 38.5 Å². The third kappa shape index (κ3) is 4.44. The van der Waals surface area contributed by atoms with E-state index in [1.807, 2.05) is 0 Å². The van der Waals surface area contributed by atoms with E-state index in [4.69, 9.17) is 9.15 Å². The Kier molecular flexibility index (Phi) is 5.60. The third-order valence-electron chi connectivity index (χ3n) is 4.60. The van der Waals surface area contributed by atoms with Gasteiger partial charge in [0, 0.05) is 6.07 Å². The summed E-state index contributed by atoms with van der Waals surface area (Å²) in [5.41, 5.74) is 0.290. The van der Waals surface area contributed by atoms with Crippen molar-refractivity contribution >= 4 is 15.7 Å². The number of carbonyl (C=O) groups is 1. The van der Waals surface area contributed by atoms with Crippen LogP contribution in [0.2, 0.25) is 0 Å². The van der Waals surface area contributed by atoms with E-state index in [0.717, 1.165) is 5.56 Å². The summed E-state index contributed by atoms with van der Waals surface area (Å²) in [5, 5.41) is -0.488. The second-order valence-electron chi connectivity index (χ2n) is 7.18. The molecule has 0 N–H and O–H groups in total. The maximum Gasteiger partial charge on any atom is 0.339 e. The van der Waals surface area contributed by atoms with Crippen molar-refractivity contribution in [2.24, 2.45) is 0 Å². The first-order chi connectivity index (χ1) is 13.1. The topological polar surface area (TPSA) is 93.9 Å². The summed E-state index contributed by atoms with van der Waals surface area (Å²) in [6.45, 7) is 5.83. The number of carbonyl (C=O) groups excluding carboxylic acids is 1. The van der Waals surface area contributed by atoms with Crippen LogP contribution in [0.3, 0.4) is 0 Å². The normalized spacial score (nSPS) is 14.8. The molecule has 0 bridgehead atoms. The molecule has 3 rings (SSSR count). The number of hydrogen-bond acceptors (Lipinski definition) is 6. The molecule has 28 heavy (non-hydrogen) atoms. The number of ether oxygens (including phenoxy) is 1. The van der Waals surface area contributed by atoms with Crippen LogP contribution in [0.25, 0.3) is 0 Å². The molecule has 2 aromatic rings. The van der Waals surface area contributed by atoms with Crippen LogP contribution in [-0.4, -0.2) is 43.7 Å². The minimum atomic E-state index is -3.32. The van der Waals surface area contributed by atoms with E-state index in [9.17, 15) is 18.0 Å². The molecule has 0 aliphatic carbocycles. The molecule has 0 atom stereocenters. The van der Waals surface area contributed by atoms with E-state index < -0.39 is 20.7 Å². The highest BCUT2D eigenvalue weighted by Crippen LogP contribution is 2.20. The lowest BCUT2D eigenvalue weighted by molar-refractivity contribution is -0.139. The summed E-state index contributed by atoms with van der Waals surface area (Å²) in [6.07, 6.45) is 0.0340.